The van der Waals surface area contributed by atoms with Crippen LogP contribution in [0.1, 0.15) is 135 Å². The van der Waals surface area contributed by atoms with Crippen molar-refractivity contribution in [2.24, 2.45) is 22.7 Å². The molecule has 4 aromatic carbocycles. The van der Waals surface area contributed by atoms with Crippen LogP contribution in [0.2, 0.25) is 10.0 Å². The number of halogens is 4. The Balaban J connectivity index is 0.000000198. The molecule has 6 heterocycles. The maximum Gasteiger partial charge on any atom is 0.355 e. The molecular formula is C71H86Cl2F2N10O19S2. The van der Waals surface area contributed by atoms with Crippen molar-refractivity contribution in [3.63, 3.8) is 0 Å². The number of hydrogen-bond acceptors (Lipinski definition) is 24. The molecule has 0 fully saturated rings. The van der Waals surface area contributed by atoms with Crippen molar-refractivity contribution >= 4 is 89.6 Å². The van der Waals surface area contributed by atoms with Gasteiger partial charge < -0.3 is 48.2 Å². The molecule has 7 aromatic rings. The molecule has 0 saturated carbocycles. The van der Waals surface area contributed by atoms with Crippen molar-refractivity contribution in [2.75, 3.05) is 70.4 Å². The predicted octanol–water partition coefficient (Wildman–Crippen LogP) is 9.64. The lowest BCUT2D eigenvalue weighted by Gasteiger charge is -2.32. The third kappa shape index (κ3) is 19.2. The molecule has 3 aromatic heterocycles. The Labute approximate surface area is 621 Å². The number of carbonyl (C=O) groups is 4. The monoisotopic (exact) mass is 1550 g/mol. The third-order valence-corrected chi connectivity index (χ3v) is 19.3. The van der Waals surface area contributed by atoms with E-state index in [1.54, 1.807) is 55.3 Å². The summed E-state index contributed by atoms with van der Waals surface area (Å²) in [6.45, 7) is 20.9. The lowest BCUT2D eigenvalue weighted by molar-refractivity contribution is -0.148. The molecule has 574 valence electrons. The number of aryl methyl sites for hydroxylation is 4. The second kappa shape index (κ2) is 35.8. The minimum Gasteiger partial charge on any atom is -0.481 e. The number of para-hydroxylation sites is 1. The summed E-state index contributed by atoms with van der Waals surface area (Å²) in [5.41, 5.74) is 4.44. The zero-order valence-corrected chi connectivity index (χ0v) is 64.4. The minimum absolute atomic E-state index is 0.00623. The highest BCUT2D eigenvalue weighted by atomic mass is 35.5. The van der Waals surface area contributed by atoms with E-state index in [4.69, 9.17) is 61.2 Å². The van der Waals surface area contributed by atoms with Gasteiger partial charge in [-0.15, -0.1) is 0 Å². The van der Waals surface area contributed by atoms with Crippen LogP contribution in [0.15, 0.2) is 97.7 Å². The lowest BCUT2D eigenvalue weighted by Crippen LogP contribution is -2.48. The van der Waals surface area contributed by atoms with Crippen molar-refractivity contribution in [3.05, 3.63) is 160 Å². The fourth-order valence-corrected chi connectivity index (χ4v) is 13.5. The van der Waals surface area contributed by atoms with Crippen LogP contribution >= 0.6 is 23.2 Å². The first-order chi connectivity index (χ1) is 50.0. The second-order valence-electron chi connectivity index (χ2n) is 25.3. The number of ether oxygens (including phenoxy) is 7. The van der Waals surface area contributed by atoms with E-state index >= 15 is 0 Å². The maximum absolute atomic E-state index is 13.5. The van der Waals surface area contributed by atoms with Crippen LogP contribution in [-0.4, -0.2) is 158 Å². The average Bonchev–Trinajstić information content (AvgIpc) is 1.65. The molecule has 0 amide bonds. The number of aliphatic hydroxyl groups is 1. The smallest absolute Gasteiger partial charge is 0.355 e. The number of nitrogens with one attached hydrogen (secondary N) is 2. The number of H-pyrrole nitrogens is 1. The highest BCUT2D eigenvalue weighted by Crippen LogP contribution is 2.41. The van der Waals surface area contributed by atoms with Crippen LogP contribution in [0.4, 0.5) is 20.2 Å². The van der Waals surface area contributed by atoms with Gasteiger partial charge in [-0.2, -0.15) is 23.9 Å². The summed E-state index contributed by atoms with van der Waals surface area (Å²) in [5, 5.41) is 23.7. The number of oxime groups is 1. The van der Waals surface area contributed by atoms with Gasteiger partial charge in [0.25, 0.3) is 21.1 Å². The number of anilines is 2. The van der Waals surface area contributed by atoms with Gasteiger partial charge in [0.15, 0.2) is 27.0 Å². The molecule has 10 rings (SSSR count). The normalized spacial score (nSPS) is 15.2. The van der Waals surface area contributed by atoms with Crippen molar-refractivity contribution in [2.45, 2.75) is 137 Å². The summed E-state index contributed by atoms with van der Waals surface area (Å²) in [6.07, 6.45) is 2.97. The number of aromatic nitrogens is 6. The van der Waals surface area contributed by atoms with E-state index in [1.165, 1.54) is 86.2 Å². The van der Waals surface area contributed by atoms with E-state index in [2.05, 4.69) is 58.2 Å². The van der Waals surface area contributed by atoms with Gasteiger partial charge in [0, 0.05) is 66.7 Å². The highest BCUT2D eigenvalue weighted by Gasteiger charge is 2.50. The molecule has 0 spiro atoms. The van der Waals surface area contributed by atoms with Gasteiger partial charge in [-0.05, 0) is 121 Å². The molecule has 0 radical (unpaired) electrons. The number of methoxy groups -OCH3 is 3. The van der Waals surface area contributed by atoms with Crippen LogP contribution in [0, 0.1) is 19.3 Å². The number of aromatic amines is 1. The fraction of sp³-hybridized carbons (Fsp3) is 0.437. The summed E-state index contributed by atoms with van der Waals surface area (Å²) in [7, 11) is -2.97. The van der Waals surface area contributed by atoms with Gasteiger partial charge >= 0.3 is 23.7 Å². The van der Waals surface area contributed by atoms with Gasteiger partial charge in [-0.25, -0.2) is 40.8 Å². The van der Waals surface area contributed by atoms with Crippen LogP contribution < -0.4 is 35.1 Å². The standard InChI is InChI=1S/C23H32N2O4.C16H18Cl2N2O4.C16H19F2N3O6S.C16H17N3O5S/c1-7-16-13-15(3)14-17(8-2)18(16)19-20(26)24-9-11-28-12-10-25(24)21(19)29-22(27)23(4,5)6;1-4-23-14(21)12-9-16(3,15(22)24-5-2)20(19-12)13-7-6-10(17)8-11(13)18;1-25-8-9-5-4-6-10(13(9)21-28(23,24)16(17)18)14(22)15-19-11(26-2)7-12(20-15)27-3;1-9-10(15(20)11-8-17-19(2)16(11)21)4-5-13(25(3,22)23)14(9)12-6-7-24-18-12/h13-14H,7-12H2,1-6H3;6-8H,4-5,9H2,1-3H3;4-7,14,16,21-22H,8H2,1-3H3;4-5,8,17H,6-7H2,1-3H3. The number of rotatable bonds is 22. The zero-order chi connectivity index (χ0) is 78.5. The van der Waals surface area contributed by atoms with Crippen molar-refractivity contribution < 1.29 is 87.9 Å². The number of sulfonamides is 1. The first-order valence-electron chi connectivity index (χ1n) is 33.3. The van der Waals surface area contributed by atoms with E-state index in [9.17, 15) is 59.5 Å². The molecule has 2 unspecified atom stereocenters. The molecular weight excluding hydrogens is 1470 g/mol. The van der Waals surface area contributed by atoms with E-state index in [1.807, 2.05) is 25.5 Å². The lowest BCUT2D eigenvalue weighted by atomic mass is 9.91. The Morgan fingerprint density at radius 1 is 0.802 bits per heavy atom. The van der Waals surface area contributed by atoms with E-state index in [0.717, 1.165) is 35.8 Å². The number of hydrazone groups is 1. The topological polar surface area (TPSA) is 361 Å². The Morgan fingerprint density at radius 3 is 1.96 bits per heavy atom. The number of esters is 3. The largest absolute Gasteiger partial charge is 0.481 e. The Bertz CT molecular complexity index is 4810. The summed E-state index contributed by atoms with van der Waals surface area (Å²) in [4.78, 5) is 88.8. The van der Waals surface area contributed by atoms with Gasteiger partial charge in [-0.1, -0.05) is 78.1 Å². The SMILES string of the molecule is CCOC(=O)C1=NN(c2ccc(Cl)cc2Cl)C(C)(C(=O)OCC)C1.CCc1cc(C)cc(CC)c1-c1c(OC(=O)C(C)(C)C)n2n(c1=O)CCOCC2.COCc1cccc(C(O)c2nc(OC)cc(OC)n2)c1NS(=O)(=O)C(F)F.Cc1c(C(=O)c2c[nH]n(C)c2=O)ccc(S(C)(=O)=O)c1C1=NOCC1. The number of carbonyl (C=O) groups excluding carboxylic acids is 4. The number of ketones is 1. The number of alkyl halides is 2. The molecule has 3 N–H and O–H groups in total. The van der Waals surface area contributed by atoms with Gasteiger partial charge in [0.1, 0.15) is 29.5 Å². The first-order valence-corrected chi connectivity index (χ1v) is 37.5. The van der Waals surface area contributed by atoms with E-state index in [-0.39, 0.29) is 93.9 Å². The summed E-state index contributed by atoms with van der Waals surface area (Å²) in [6, 6.07) is 17.6. The molecule has 35 heteroatoms. The zero-order valence-electron chi connectivity index (χ0n) is 61.3. The number of fused-ring (bicyclic) bond motifs is 1. The van der Waals surface area contributed by atoms with E-state index in [0.29, 0.717) is 83.3 Å². The van der Waals surface area contributed by atoms with Gasteiger partial charge in [0.05, 0.1) is 98.8 Å². The molecule has 3 aliphatic rings. The number of nitrogens with zero attached hydrogens (tertiary/aromatic N) is 8. The van der Waals surface area contributed by atoms with Crippen molar-refractivity contribution in [1.82, 2.24) is 29.1 Å². The fourth-order valence-electron chi connectivity index (χ4n) is 11.4. The van der Waals surface area contributed by atoms with Crippen LogP contribution in [0.3, 0.4) is 0 Å². The maximum atomic E-state index is 13.5. The predicted molar refractivity (Wildman–Crippen MR) is 392 cm³/mol. The molecule has 0 aliphatic carbocycles. The van der Waals surface area contributed by atoms with Crippen molar-refractivity contribution in [1.29, 1.82) is 0 Å². The minimum atomic E-state index is -5.00. The van der Waals surface area contributed by atoms with Crippen LogP contribution in [-0.2, 0) is 97.6 Å². The highest BCUT2D eigenvalue weighted by molar-refractivity contribution is 7.93. The van der Waals surface area contributed by atoms with Crippen LogP contribution in [0.25, 0.3) is 11.1 Å². The first kappa shape index (κ1) is 83.9. The second-order valence-corrected chi connectivity index (χ2v) is 29.8. The number of aliphatic hydroxyl groups excluding tert-OH is 1. The molecule has 106 heavy (non-hydrogen) atoms. The average molecular weight is 1560 g/mol. The Hall–Kier alpha value is -9.38. The molecule has 0 bridgehead atoms. The van der Waals surface area contributed by atoms with Gasteiger partial charge in [-0.3, -0.25) is 28.6 Å². The molecule has 0 saturated heterocycles. The molecule has 3 aliphatic heterocycles. The quantitative estimate of drug-likeness (QED) is 0.0419. The van der Waals surface area contributed by atoms with Crippen molar-refractivity contribution in [3.8, 4) is 28.8 Å². The Kier molecular flexibility index (Phi) is 28.3. The number of benzene rings is 4. The number of sulfone groups is 1. The third-order valence-electron chi connectivity index (χ3n) is 16.7. The van der Waals surface area contributed by atoms with Crippen LogP contribution in [0.5, 0.6) is 17.6 Å². The summed E-state index contributed by atoms with van der Waals surface area (Å²) in [5.74, 6) is -5.22. The summed E-state index contributed by atoms with van der Waals surface area (Å²) < 4.78 is 117. The van der Waals surface area contributed by atoms with E-state index < -0.39 is 66.0 Å². The number of hydrogen-bond donors (Lipinski definition) is 3. The Morgan fingerprint density at radius 2 is 1.43 bits per heavy atom. The summed E-state index contributed by atoms with van der Waals surface area (Å²) >= 11 is 12.2. The van der Waals surface area contributed by atoms with Gasteiger partial charge in [0.2, 0.25) is 17.6 Å². The molecule has 29 nitrogen and oxygen atoms in total. The molecule has 2 atom stereocenters.